The van der Waals surface area contributed by atoms with Gasteiger partial charge in [0.25, 0.3) is 0 Å². The number of nitrogens with zero attached hydrogens (tertiary/aromatic N) is 4. The first-order valence-electron chi connectivity index (χ1n) is 21.6. The van der Waals surface area contributed by atoms with Crippen molar-refractivity contribution in [1.82, 2.24) is 19.5 Å². The third-order valence-corrected chi connectivity index (χ3v) is 13.8. The predicted molar refractivity (Wildman–Crippen MR) is 269 cm³/mol. The Kier molecular flexibility index (Phi) is 8.36. The van der Waals surface area contributed by atoms with Gasteiger partial charge in [-0.3, -0.25) is 0 Å². The van der Waals surface area contributed by atoms with E-state index in [1.165, 1.54) is 58.0 Å². The average molecular weight is 833 g/mol. The molecule has 0 radical (unpaired) electrons. The van der Waals surface area contributed by atoms with Gasteiger partial charge in [0, 0.05) is 58.7 Å². The predicted octanol–water partition coefficient (Wildman–Crippen LogP) is 16.0. The van der Waals surface area contributed by atoms with Crippen LogP contribution in [0.4, 0.5) is 0 Å². The van der Waals surface area contributed by atoms with Crippen LogP contribution in [0.2, 0.25) is 0 Å². The van der Waals surface area contributed by atoms with Gasteiger partial charge in [-0.2, -0.15) is 0 Å². The Balaban J connectivity index is 1.10. The summed E-state index contributed by atoms with van der Waals surface area (Å²) in [7, 11) is 0. The molecule has 5 heteroatoms. The topological polar surface area (TPSA) is 43.6 Å². The van der Waals surface area contributed by atoms with Crippen LogP contribution in [0.5, 0.6) is 0 Å². The van der Waals surface area contributed by atoms with Crippen molar-refractivity contribution in [2.45, 2.75) is 0 Å². The number of rotatable bonds is 6. The van der Waals surface area contributed by atoms with Gasteiger partial charge in [-0.05, 0) is 80.9 Å². The van der Waals surface area contributed by atoms with E-state index in [1.54, 1.807) is 11.3 Å². The van der Waals surface area contributed by atoms with Gasteiger partial charge in [-0.25, -0.2) is 15.0 Å². The van der Waals surface area contributed by atoms with Crippen LogP contribution in [0.1, 0.15) is 0 Å². The Bertz CT molecular complexity index is 3960. The van der Waals surface area contributed by atoms with Gasteiger partial charge < -0.3 is 4.57 Å². The van der Waals surface area contributed by atoms with Crippen molar-refractivity contribution in [3.8, 4) is 62.1 Å². The average Bonchev–Trinajstić information content (AvgIpc) is 3.91. The van der Waals surface area contributed by atoms with Gasteiger partial charge in [0.05, 0.1) is 11.0 Å². The van der Waals surface area contributed by atoms with Crippen molar-refractivity contribution in [2.24, 2.45) is 0 Å². The lowest BCUT2D eigenvalue weighted by Gasteiger charge is -2.18. The highest BCUT2D eigenvalue weighted by atomic mass is 32.1. The van der Waals surface area contributed by atoms with Crippen LogP contribution in [0.15, 0.2) is 218 Å². The molecular formula is C59H36N4S. The number of fused-ring (bicyclic) bond motifs is 9. The van der Waals surface area contributed by atoms with Gasteiger partial charge in [0.2, 0.25) is 0 Å². The fraction of sp³-hybridized carbons (Fsp3) is 0. The largest absolute Gasteiger partial charge is 0.309 e. The summed E-state index contributed by atoms with van der Waals surface area (Å²) in [6.07, 6.45) is 0. The van der Waals surface area contributed by atoms with Crippen molar-refractivity contribution < 1.29 is 0 Å². The highest BCUT2D eigenvalue weighted by molar-refractivity contribution is 7.25. The van der Waals surface area contributed by atoms with E-state index in [0.717, 1.165) is 50.1 Å². The van der Waals surface area contributed by atoms with Crippen LogP contribution in [-0.4, -0.2) is 19.5 Å². The van der Waals surface area contributed by atoms with E-state index in [9.17, 15) is 0 Å². The molecule has 0 saturated carbocycles. The Labute approximate surface area is 373 Å². The van der Waals surface area contributed by atoms with Crippen LogP contribution in [-0.2, 0) is 0 Å². The Morgan fingerprint density at radius 1 is 0.312 bits per heavy atom. The molecule has 64 heavy (non-hydrogen) atoms. The molecule has 0 unspecified atom stereocenters. The molecule has 0 fully saturated rings. The van der Waals surface area contributed by atoms with E-state index in [0.29, 0.717) is 17.5 Å². The molecule has 298 valence electrons. The number of benzene rings is 10. The number of thiophene rings is 1. The number of hydrogen-bond acceptors (Lipinski definition) is 4. The maximum Gasteiger partial charge on any atom is 0.164 e. The molecule has 0 bridgehead atoms. The first-order valence-corrected chi connectivity index (χ1v) is 22.4. The van der Waals surface area contributed by atoms with Gasteiger partial charge in [-0.15, -0.1) is 11.3 Å². The van der Waals surface area contributed by atoms with Crippen LogP contribution in [0.25, 0.3) is 126 Å². The van der Waals surface area contributed by atoms with Gasteiger partial charge in [0.1, 0.15) is 0 Å². The molecule has 0 amide bonds. The van der Waals surface area contributed by atoms with Crippen molar-refractivity contribution in [3.63, 3.8) is 0 Å². The maximum absolute atomic E-state index is 5.39. The van der Waals surface area contributed by atoms with E-state index in [4.69, 9.17) is 15.0 Å². The molecule has 0 atom stereocenters. The highest BCUT2D eigenvalue weighted by Gasteiger charge is 2.22. The zero-order valence-corrected chi connectivity index (χ0v) is 35.3. The van der Waals surface area contributed by atoms with E-state index in [1.807, 2.05) is 18.2 Å². The molecule has 0 aliphatic heterocycles. The minimum absolute atomic E-state index is 0.614. The summed E-state index contributed by atoms with van der Waals surface area (Å²) in [5, 5.41) is 9.79. The minimum atomic E-state index is 0.614. The number of hydrogen-bond donors (Lipinski definition) is 0. The quantitative estimate of drug-likeness (QED) is 0.168. The van der Waals surface area contributed by atoms with Crippen molar-refractivity contribution in [2.75, 3.05) is 0 Å². The van der Waals surface area contributed by atoms with Gasteiger partial charge in [0.15, 0.2) is 17.5 Å². The fourth-order valence-electron chi connectivity index (χ4n) is 9.61. The fourth-order valence-corrected chi connectivity index (χ4v) is 10.8. The molecule has 3 heterocycles. The van der Waals surface area contributed by atoms with Gasteiger partial charge in [-0.1, -0.05) is 176 Å². The lowest BCUT2D eigenvalue weighted by Crippen LogP contribution is -2.02. The van der Waals surface area contributed by atoms with E-state index < -0.39 is 0 Å². The van der Waals surface area contributed by atoms with Crippen LogP contribution < -0.4 is 0 Å². The normalized spacial score (nSPS) is 11.8. The second-order valence-electron chi connectivity index (χ2n) is 16.4. The summed E-state index contributed by atoms with van der Waals surface area (Å²) in [5.41, 5.74) is 10.6. The van der Waals surface area contributed by atoms with Crippen LogP contribution in [0, 0.1) is 0 Å². The molecule has 4 nitrogen and oxygen atoms in total. The lowest BCUT2D eigenvalue weighted by molar-refractivity contribution is 1.07. The van der Waals surface area contributed by atoms with Gasteiger partial charge >= 0.3 is 0 Å². The highest BCUT2D eigenvalue weighted by Crippen LogP contribution is 2.43. The van der Waals surface area contributed by atoms with E-state index >= 15 is 0 Å². The van der Waals surface area contributed by atoms with E-state index in [2.05, 4.69) is 205 Å². The van der Waals surface area contributed by atoms with Crippen LogP contribution in [0.3, 0.4) is 0 Å². The second kappa shape index (κ2) is 14.7. The molecule has 13 aromatic rings. The third kappa shape index (κ3) is 5.93. The maximum atomic E-state index is 5.39. The summed E-state index contributed by atoms with van der Waals surface area (Å²) < 4.78 is 4.93. The summed E-state index contributed by atoms with van der Waals surface area (Å²) >= 11 is 1.80. The molecule has 3 aromatic heterocycles. The Morgan fingerprint density at radius 2 is 0.922 bits per heavy atom. The van der Waals surface area contributed by atoms with Crippen LogP contribution >= 0.6 is 11.3 Å². The molecule has 13 rings (SSSR count). The van der Waals surface area contributed by atoms with Crippen molar-refractivity contribution in [1.29, 1.82) is 0 Å². The van der Waals surface area contributed by atoms with Crippen molar-refractivity contribution in [3.05, 3.63) is 218 Å². The summed E-state index contributed by atoms with van der Waals surface area (Å²) in [6, 6.07) is 78.3. The summed E-state index contributed by atoms with van der Waals surface area (Å²) in [5.74, 6) is 1.88. The first kappa shape index (κ1) is 36.4. The molecular weight excluding hydrogens is 797 g/mol. The molecule has 0 saturated heterocycles. The zero-order valence-electron chi connectivity index (χ0n) is 34.5. The first-order chi connectivity index (χ1) is 31.7. The lowest BCUT2D eigenvalue weighted by atomic mass is 9.91. The molecule has 0 aliphatic carbocycles. The number of aromatic nitrogens is 4. The second-order valence-corrected chi connectivity index (χ2v) is 17.4. The van der Waals surface area contributed by atoms with Crippen molar-refractivity contribution >= 4 is 74.9 Å². The molecule has 0 N–H and O–H groups in total. The smallest absolute Gasteiger partial charge is 0.164 e. The standard InChI is InChI=1S/C59H36N4S/c1-3-15-37(16-4-1)44-22-11-12-24-46(44)51-36-43(63-53-34-41-21-8-7-20-40(41)33-52(53)49-31-27-38-17-9-10-23-45(38)56(49)63)29-32-50(51)59-61-57(39-18-5-2-6-19-39)60-58(62-59)42-28-30-48-47-25-13-14-26-54(47)64-55(48)35-42/h1-36H. The Morgan fingerprint density at radius 3 is 1.73 bits per heavy atom. The molecule has 0 aliphatic rings. The van der Waals surface area contributed by atoms with E-state index in [-0.39, 0.29) is 0 Å². The zero-order chi connectivity index (χ0) is 42.1. The molecule has 10 aromatic carbocycles. The summed E-state index contributed by atoms with van der Waals surface area (Å²) in [6.45, 7) is 0. The monoisotopic (exact) mass is 832 g/mol. The summed E-state index contributed by atoms with van der Waals surface area (Å²) in [4.78, 5) is 15.9. The third-order valence-electron chi connectivity index (χ3n) is 12.6. The molecule has 0 spiro atoms. The Hall–Kier alpha value is -8.25. The minimum Gasteiger partial charge on any atom is -0.309 e. The SMILES string of the molecule is c1ccc(-c2nc(-c3ccc4c(c3)sc3ccccc34)nc(-c3ccc(-n4c5cc6ccccc6cc5c5ccc6ccccc6c54)cc3-c3ccccc3-c3ccccc3)n2)cc1.